The third-order valence-corrected chi connectivity index (χ3v) is 6.51. The third kappa shape index (κ3) is 4.19. The standard InChI is InChI=1S/C25H23Br2N3O2/c1-13-6-14(2)23(15(3)7-13)30-16(4)8-19(17(30)5)12-28-29-25(31)22-10-18-9-20(26)11-21(27)24(18)32-22/h6-12H,1-5H3,(H,29,31)/b28-12-. The molecule has 0 saturated heterocycles. The van der Waals surface area contributed by atoms with Gasteiger partial charge in [0.2, 0.25) is 0 Å². The molecular weight excluding hydrogens is 534 g/mol. The second kappa shape index (κ2) is 8.71. The van der Waals surface area contributed by atoms with Crippen molar-refractivity contribution >= 4 is 55.0 Å². The first kappa shape index (κ1) is 22.6. The summed E-state index contributed by atoms with van der Waals surface area (Å²) in [6.07, 6.45) is 1.67. The minimum atomic E-state index is -0.403. The van der Waals surface area contributed by atoms with Gasteiger partial charge in [0.1, 0.15) is 5.58 Å². The van der Waals surface area contributed by atoms with Gasteiger partial charge in [0.15, 0.2) is 5.76 Å². The molecule has 4 rings (SSSR count). The number of carbonyl (C=O) groups excluding carboxylic acids is 1. The van der Waals surface area contributed by atoms with Crippen molar-refractivity contribution in [3.8, 4) is 5.69 Å². The van der Waals surface area contributed by atoms with Crippen molar-refractivity contribution in [1.29, 1.82) is 0 Å². The fourth-order valence-electron chi connectivity index (χ4n) is 4.19. The largest absolute Gasteiger partial charge is 0.450 e. The number of amides is 1. The lowest BCUT2D eigenvalue weighted by atomic mass is 10.0. The second-order valence-corrected chi connectivity index (χ2v) is 9.79. The minimum absolute atomic E-state index is 0.201. The van der Waals surface area contributed by atoms with Crippen molar-refractivity contribution in [3.05, 3.63) is 84.7 Å². The molecule has 0 spiro atoms. The number of carbonyl (C=O) groups is 1. The summed E-state index contributed by atoms with van der Waals surface area (Å²) in [7, 11) is 0. The number of aromatic nitrogens is 1. The number of hydrazone groups is 1. The van der Waals surface area contributed by atoms with E-state index in [1.807, 2.05) is 12.1 Å². The molecule has 0 fully saturated rings. The van der Waals surface area contributed by atoms with Crippen LogP contribution in [-0.2, 0) is 0 Å². The van der Waals surface area contributed by atoms with Gasteiger partial charge in [-0.15, -0.1) is 0 Å². The first-order valence-electron chi connectivity index (χ1n) is 10.1. The van der Waals surface area contributed by atoms with E-state index in [9.17, 15) is 4.79 Å². The van der Waals surface area contributed by atoms with Crippen molar-refractivity contribution in [3.63, 3.8) is 0 Å². The molecule has 1 N–H and O–H groups in total. The Hall–Kier alpha value is -2.64. The van der Waals surface area contributed by atoms with Gasteiger partial charge in [-0.25, -0.2) is 5.43 Å². The van der Waals surface area contributed by atoms with Crippen LogP contribution in [0, 0.1) is 34.6 Å². The summed E-state index contributed by atoms with van der Waals surface area (Å²) in [4.78, 5) is 12.5. The maximum Gasteiger partial charge on any atom is 0.307 e. The van der Waals surface area contributed by atoms with E-state index >= 15 is 0 Å². The molecule has 0 saturated carbocycles. The fourth-order valence-corrected chi connectivity index (χ4v) is 5.53. The highest BCUT2D eigenvalue weighted by atomic mass is 79.9. The summed E-state index contributed by atoms with van der Waals surface area (Å²) in [5.41, 5.74) is 11.2. The monoisotopic (exact) mass is 555 g/mol. The molecule has 0 unspecified atom stereocenters. The zero-order valence-electron chi connectivity index (χ0n) is 18.5. The first-order chi connectivity index (χ1) is 15.2. The van der Waals surface area contributed by atoms with Crippen molar-refractivity contribution in [1.82, 2.24) is 9.99 Å². The minimum Gasteiger partial charge on any atom is -0.450 e. The number of nitrogens with one attached hydrogen (secondary N) is 1. The number of benzene rings is 2. The van der Waals surface area contributed by atoms with E-state index in [2.05, 4.69) is 99.8 Å². The highest BCUT2D eigenvalue weighted by molar-refractivity contribution is 9.11. The number of aryl methyl sites for hydroxylation is 4. The van der Waals surface area contributed by atoms with Crippen LogP contribution in [0.25, 0.3) is 16.7 Å². The van der Waals surface area contributed by atoms with Crippen molar-refractivity contribution in [2.75, 3.05) is 0 Å². The lowest BCUT2D eigenvalue weighted by molar-refractivity contribution is 0.0929. The fraction of sp³-hybridized carbons (Fsp3) is 0.200. The molecule has 0 aliphatic heterocycles. The first-order valence-corrected chi connectivity index (χ1v) is 11.7. The van der Waals surface area contributed by atoms with Crippen molar-refractivity contribution in [2.24, 2.45) is 5.10 Å². The Morgan fingerprint density at radius 3 is 2.38 bits per heavy atom. The zero-order valence-corrected chi connectivity index (χ0v) is 21.7. The van der Waals surface area contributed by atoms with Crippen LogP contribution in [-0.4, -0.2) is 16.7 Å². The molecule has 0 radical (unpaired) electrons. The van der Waals surface area contributed by atoms with E-state index in [1.54, 1.807) is 12.3 Å². The molecule has 7 heteroatoms. The normalized spacial score (nSPS) is 11.6. The number of hydrogen-bond acceptors (Lipinski definition) is 3. The maximum absolute atomic E-state index is 12.5. The number of rotatable bonds is 4. The average Bonchev–Trinajstić information content (AvgIpc) is 3.24. The zero-order chi connectivity index (χ0) is 23.2. The Labute approximate surface area is 203 Å². The van der Waals surface area contributed by atoms with Gasteiger partial charge in [0, 0.05) is 26.8 Å². The topological polar surface area (TPSA) is 59.5 Å². The van der Waals surface area contributed by atoms with Crippen LogP contribution in [0.15, 0.2) is 54.9 Å². The summed E-state index contributed by atoms with van der Waals surface area (Å²) < 4.78 is 9.62. The maximum atomic E-state index is 12.5. The van der Waals surface area contributed by atoms with Gasteiger partial charge in [-0.1, -0.05) is 33.6 Å². The molecule has 0 aliphatic carbocycles. The van der Waals surface area contributed by atoms with E-state index in [1.165, 1.54) is 22.4 Å². The molecule has 4 aromatic rings. The molecule has 32 heavy (non-hydrogen) atoms. The van der Waals surface area contributed by atoms with E-state index in [0.717, 1.165) is 31.3 Å². The molecule has 0 bridgehead atoms. The molecule has 5 nitrogen and oxygen atoms in total. The molecule has 0 atom stereocenters. The number of halogens is 2. The molecule has 164 valence electrons. The number of furan rings is 1. The lowest BCUT2D eigenvalue weighted by Crippen LogP contribution is -2.16. The molecule has 2 aromatic carbocycles. The van der Waals surface area contributed by atoms with Crippen LogP contribution in [0.4, 0.5) is 0 Å². The van der Waals surface area contributed by atoms with Gasteiger partial charge in [-0.05, 0) is 85.9 Å². The molecule has 2 heterocycles. The third-order valence-electron chi connectivity index (χ3n) is 5.46. The Balaban J connectivity index is 1.58. The van der Waals surface area contributed by atoms with Gasteiger partial charge in [-0.2, -0.15) is 5.10 Å². The van der Waals surface area contributed by atoms with Crippen molar-refractivity contribution in [2.45, 2.75) is 34.6 Å². The van der Waals surface area contributed by atoms with Gasteiger partial charge in [-0.3, -0.25) is 4.79 Å². The Kier molecular flexibility index (Phi) is 6.14. The second-order valence-electron chi connectivity index (χ2n) is 8.02. The number of hydrogen-bond donors (Lipinski definition) is 1. The SMILES string of the molecule is Cc1cc(C)c(-n2c(C)cc(/C=N\NC(=O)c3cc4cc(Br)cc(Br)c4o3)c2C)c(C)c1. The van der Waals surface area contributed by atoms with Gasteiger partial charge < -0.3 is 8.98 Å². The highest BCUT2D eigenvalue weighted by Crippen LogP contribution is 2.31. The summed E-state index contributed by atoms with van der Waals surface area (Å²) >= 11 is 6.90. The number of nitrogens with zero attached hydrogens (tertiary/aromatic N) is 2. The summed E-state index contributed by atoms with van der Waals surface area (Å²) in [5, 5.41) is 5.00. The highest BCUT2D eigenvalue weighted by Gasteiger charge is 2.16. The number of fused-ring (bicyclic) bond motifs is 1. The van der Waals surface area contributed by atoms with Crippen LogP contribution >= 0.6 is 31.9 Å². The average molecular weight is 557 g/mol. The van der Waals surface area contributed by atoms with E-state index in [-0.39, 0.29) is 5.76 Å². The van der Waals surface area contributed by atoms with E-state index in [0.29, 0.717) is 5.58 Å². The Morgan fingerprint density at radius 2 is 1.69 bits per heavy atom. The van der Waals surface area contributed by atoms with E-state index in [4.69, 9.17) is 4.42 Å². The Morgan fingerprint density at radius 1 is 1.00 bits per heavy atom. The molecule has 2 aromatic heterocycles. The lowest BCUT2D eigenvalue weighted by Gasteiger charge is -2.16. The molecule has 1 amide bonds. The van der Waals surface area contributed by atoms with Crippen LogP contribution < -0.4 is 5.43 Å². The van der Waals surface area contributed by atoms with Crippen LogP contribution in [0.5, 0.6) is 0 Å². The van der Waals surface area contributed by atoms with Crippen LogP contribution in [0.3, 0.4) is 0 Å². The van der Waals surface area contributed by atoms with Gasteiger partial charge in [0.05, 0.1) is 16.4 Å². The summed E-state index contributed by atoms with van der Waals surface area (Å²) in [6, 6.07) is 11.9. The van der Waals surface area contributed by atoms with Gasteiger partial charge >= 0.3 is 5.91 Å². The summed E-state index contributed by atoms with van der Waals surface area (Å²) in [5.74, 6) is -0.202. The smallest absolute Gasteiger partial charge is 0.307 e. The van der Waals surface area contributed by atoms with Crippen LogP contribution in [0.2, 0.25) is 0 Å². The summed E-state index contributed by atoms with van der Waals surface area (Å²) in [6.45, 7) is 10.5. The predicted molar refractivity (Wildman–Crippen MR) is 136 cm³/mol. The molecular formula is C25H23Br2N3O2. The van der Waals surface area contributed by atoms with Gasteiger partial charge in [0.25, 0.3) is 0 Å². The van der Waals surface area contributed by atoms with E-state index < -0.39 is 5.91 Å². The van der Waals surface area contributed by atoms with Crippen LogP contribution in [0.1, 0.15) is 44.2 Å². The quantitative estimate of drug-likeness (QED) is 0.216. The Bertz CT molecular complexity index is 1370. The predicted octanol–water partition coefficient (Wildman–Crippen LogP) is 7.05. The van der Waals surface area contributed by atoms with Crippen molar-refractivity contribution < 1.29 is 9.21 Å². The molecule has 0 aliphatic rings.